The van der Waals surface area contributed by atoms with Crippen LogP contribution in [0.2, 0.25) is 0 Å². The Morgan fingerprint density at radius 3 is 2.74 bits per heavy atom. The second-order valence-corrected chi connectivity index (χ2v) is 4.66. The molecule has 0 atom stereocenters. The maximum atomic E-state index is 13.6. The third kappa shape index (κ3) is 3.00. The van der Waals surface area contributed by atoms with Gasteiger partial charge in [-0.1, -0.05) is 15.9 Å². The molecule has 19 heavy (non-hydrogen) atoms. The summed E-state index contributed by atoms with van der Waals surface area (Å²) in [5.41, 5.74) is 11.4. The quantitative estimate of drug-likeness (QED) is 0.808. The fourth-order valence-corrected chi connectivity index (χ4v) is 1.79. The first-order chi connectivity index (χ1) is 8.97. The Bertz CT molecular complexity index is 648. The number of nitrogens with zero attached hydrogens (tertiary/aromatic N) is 1. The van der Waals surface area contributed by atoms with Gasteiger partial charge in [0, 0.05) is 4.47 Å². The van der Waals surface area contributed by atoms with Crippen LogP contribution in [-0.4, -0.2) is 10.9 Å². The van der Waals surface area contributed by atoms with Crippen LogP contribution >= 0.6 is 15.9 Å². The van der Waals surface area contributed by atoms with Crippen LogP contribution < -0.4 is 16.8 Å². The standard InChI is InChI=1S/C12H10BrFN4O/c13-6-1-2-7(14)10(5-6)18-12-8(15)3-4-9(17-12)11(16)19/h1-5H,15H2,(H2,16,19)(H,17,18). The highest BCUT2D eigenvalue weighted by Gasteiger charge is 2.10. The molecule has 0 saturated heterocycles. The van der Waals surface area contributed by atoms with Gasteiger partial charge in [0.2, 0.25) is 0 Å². The molecule has 5 nitrogen and oxygen atoms in total. The van der Waals surface area contributed by atoms with E-state index in [2.05, 4.69) is 26.2 Å². The highest BCUT2D eigenvalue weighted by Crippen LogP contribution is 2.26. The second kappa shape index (κ2) is 5.23. The number of halogens is 2. The number of aromatic nitrogens is 1. The predicted octanol–water partition coefficient (Wildman–Crippen LogP) is 2.41. The van der Waals surface area contributed by atoms with Gasteiger partial charge in [-0.15, -0.1) is 0 Å². The minimum absolute atomic E-state index is 0.0482. The molecule has 5 N–H and O–H groups in total. The number of nitrogens with one attached hydrogen (secondary N) is 1. The molecule has 1 heterocycles. The lowest BCUT2D eigenvalue weighted by Gasteiger charge is -2.10. The van der Waals surface area contributed by atoms with Crippen LogP contribution in [0.25, 0.3) is 0 Å². The maximum absolute atomic E-state index is 13.6. The molecule has 0 spiro atoms. The third-order valence-corrected chi connectivity index (χ3v) is 2.85. The predicted molar refractivity (Wildman–Crippen MR) is 74.5 cm³/mol. The van der Waals surface area contributed by atoms with E-state index < -0.39 is 11.7 Å². The van der Waals surface area contributed by atoms with Crippen LogP contribution in [0.15, 0.2) is 34.8 Å². The normalized spacial score (nSPS) is 10.2. The smallest absolute Gasteiger partial charge is 0.267 e. The Labute approximate surface area is 116 Å². The van der Waals surface area contributed by atoms with Crippen molar-refractivity contribution >= 4 is 39.0 Å². The SMILES string of the molecule is NC(=O)c1ccc(N)c(Nc2cc(Br)ccc2F)n1. The van der Waals surface area contributed by atoms with Crippen molar-refractivity contribution < 1.29 is 9.18 Å². The number of amides is 1. The van der Waals surface area contributed by atoms with Crippen molar-refractivity contribution in [1.82, 2.24) is 4.98 Å². The van der Waals surface area contributed by atoms with Crippen LogP contribution in [0.3, 0.4) is 0 Å². The first kappa shape index (κ1) is 13.3. The number of carbonyl (C=O) groups is 1. The molecule has 0 unspecified atom stereocenters. The van der Waals surface area contributed by atoms with Crippen LogP contribution in [0, 0.1) is 5.82 Å². The molecule has 0 saturated carbocycles. The number of primary amides is 1. The Kier molecular flexibility index (Phi) is 3.66. The summed E-state index contributed by atoms with van der Waals surface area (Å²) in [6.45, 7) is 0. The molecule has 0 aliphatic rings. The summed E-state index contributed by atoms with van der Waals surface area (Å²) in [5, 5.41) is 2.73. The minimum atomic E-state index is -0.683. The van der Waals surface area contributed by atoms with Crippen molar-refractivity contribution in [2.75, 3.05) is 11.1 Å². The van der Waals surface area contributed by atoms with Crippen molar-refractivity contribution in [3.8, 4) is 0 Å². The summed E-state index contributed by atoms with van der Waals surface area (Å²) in [5.74, 6) is -0.972. The van der Waals surface area contributed by atoms with E-state index >= 15 is 0 Å². The van der Waals surface area contributed by atoms with Crippen molar-refractivity contribution in [2.45, 2.75) is 0 Å². The Morgan fingerprint density at radius 1 is 1.32 bits per heavy atom. The molecule has 1 amide bonds. The summed E-state index contributed by atoms with van der Waals surface area (Å²) < 4.78 is 14.3. The zero-order chi connectivity index (χ0) is 14.0. The molecular weight excluding hydrogens is 315 g/mol. The van der Waals surface area contributed by atoms with Gasteiger partial charge in [0.05, 0.1) is 11.4 Å². The average Bonchev–Trinajstić information content (AvgIpc) is 2.36. The number of nitrogens with two attached hydrogens (primary N) is 2. The monoisotopic (exact) mass is 324 g/mol. The van der Waals surface area contributed by atoms with E-state index in [1.54, 1.807) is 6.07 Å². The van der Waals surface area contributed by atoms with E-state index in [0.29, 0.717) is 4.47 Å². The molecule has 0 aliphatic carbocycles. The number of carbonyl (C=O) groups excluding carboxylic acids is 1. The summed E-state index contributed by atoms with van der Waals surface area (Å²) in [6.07, 6.45) is 0. The summed E-state index contributed by atoms with van der Waals surface area (Å²) >= 11 is 3.23. The molecule has 2 aromatic rings. The zero-order valence-corrected chi connectivity index (χ0v) is 11.2. The highest BCUT2D eigenvalue weighted by atomic mass is 79.9. The van der Waals surface area contributed by atoms with E-state index in [4.69, 9.17) is 11.5 Å². The first-order valence-corrected chi connectivity index (χ1v) is 6.05. The number of rotatable bonds is 3. The van der Waals surface area contributed by atoms with Crippen LogP contribution in [0.5, 0.6) is 0 Å². The number of benzene rings is 1. The van der Waals surface area contributed by atoms with Crippen LogP contribution in [0.1, 0.15) is 10.5 Å². The summed E-state index contributed by atoms with van der Waals surface area (Å²) in [6, 6.07) is 7.27. The number of nitrogen functional groups attached to an aromatic ring is 1. The molecule has 0 fully saturated rings. The maximum Gasteiger partial charge on any atom is 0.267 e. The van der Waals surface area contributed by atoms with Gasteiger partial charge in [0.25, 0.3) is 5.91 Å². The number of anilines is 3. The summed E-state index contributed by atoms with van der Waals surface area (Å²) in [4.78, 5) is 15.0. The largest absolute Gasteiger partial charge is 0.396 e. The van der Waals surface area contributed by atoms with Crippen LogP contribution in [-0.2, 0) is 0 Å². The second-order valence-electron chi connectivity index (χ2n) is 3.75. The molecule has 1 aromatic carbocycles. The number of hydrogen-bond acceptors (Lipinski definition) is 4. The molecule has 0 bridgehead atoms. The van der Waals surface area contributed by atoms with Gasteiger partial charge >= 0.3 is 0 Å². The van der Waals surface area contributed by atoms with Gasteiger partial charge in [-0.05, 0) is 30.3 Å². The van der Waals surface area contributed by atoms with Gasteiger partial charge < -0.3 is 16.8 Å². The van der Waals surface area contributed by atoms with E-state index in [1.165, 1.54) is 24.3 Å². The van der Waals surface area contributed by atoms with E-state index in [9.17, 15) is 9.18 Å². The minimum Gasteiger partial charge on any atom is -0.396 e. The van der Waals surface area contributed by atoms with E-state index in [-0.39, 0.29) is 22.9 Å². The third-order valence-electron chi connectivity index (χ3n) is 2.36. The van der Waals surface area contributed by atoms with Crippen molar-refractivity contribution in [3.63, 3.8) is 0 Å². The Balaban J connectivity index is 2.40. The number of pyridine rings is 1. The van der Waals surface area contributed by atoms with Crippen LogP contribution in [0.4, 0.5) is 21.6 Å². The zero-order valence-electron chi connectivity index (χ0n) is 9.65. The van der Waals surface area contributed by atoms with Crippen molar-refractivity contribution in [2.24, 2.45) is 5.73 Å². The fourth-order valence-electron chi connectivity index (χ4n) is 1.43. The van der Waals surface area contributed by atoms with E-state index in [0.717, 1.165) is 0 Å². The molecule has 0 radical (unpaired) electrons. The van der Waals surface area contributed by atoms with Gasteiger partial charge in [0.1, 0.15) is 11.5 Å². The van der Waals surface area contributed by atoms with Gasteiger partial charge in [0.15, 0.2) is 5.82 Å². The fraction of sp³-hybridized carbons (Fsp3) is 0. The molecule has 0 aliphatic heterocycles. The molecule has 2 rings (SSSR count). The number of hydrogen-bond donors (Lipinski definition) is 3. The average molecular weight is 325 g/mol. The Morgan fingerprint density at radius 2 is 2.05 bits per heavy atom. The lowest BCUT2D eigenvalue weighted by atomic mass is 10.2. The van der Waals surface area contributed by atoms with Gasteiger partial charge in [-0.2, -0.15) is 0 Å². The molecular formula is C12H10BrFN4O. The van der Waals surface area contributed by atoms with Gasteiger partial charge in [-0.3, -0.25) is 4.79 Å². The van der Waals surface area contributed by atoms with Crippen molar-refractivity contribution in [3.05, 3.63) is 46.3 Å². The van der Waals surface area contributed by atoms with E-state index in [1.807, 2.05) is 0 Å². The summed E-state index contributed by atoms with van der Waals surface area (Å²) in [7, 11) is 0. The molecule has 7 heteroatoms. The highest BCUT2D eigenvalue weighted by molar-refractivity contribution is 9.10. The molecule has 98 valence electrons. The molecule has 1 aromatic heterocycles. The van der Waals surface area contributed by atoms with Crippen molar-refractivity contribution in [1.29, 1.82) is 0 Å². The lowest BCUT2D eigenvalue weighted by Crippen LogP contribution is -2.14. The lowest BCUT2D eigenvalue weighted by molar-refractivity contribution is 0.0996. The first-order valence-electron chi connectivity index (χ1n) is 5.26. The Hall–Kier alpha value is -2.15. The van der Waals surface area contributed by atoms with Gasteiger partial charge in [-0.25, -0.2) is 9.37 Å². The topological polar surface area (TPSA) is 94.0 Å².